The van der Waals surface area contributed by atoms with Gasteiger partial charge in [-0.05, 0) is 58.3 Å². The smallest absolute Gasteiger partial charge is 0.0225 e. The summed E-state index contributed by atoms with van der Waals surface area (Å²) in [4.78, 5) is 4.93. The molecule has 0 bridgehead atoms. The molecule has 0 spiro atoms. The molecule has 2 nitrogen and oxygen atoms in total. The molecule has 0 N–H and O–H groups in total. The minimum Gasteiger partial charge on any atom is -0.306 e. The van der Waals surface area contributed by atoms with E-state index in [4.69, 9.17) is 11.6 Å². The van der Waals surface area contributed by atoms with Gasteiger partial charge in [0.05, 0.1) is 0 Å². The Morgan fingerprint density at radius 1 is 1.44 bits per heavy atom. The van der Waals surface area contributed by atoms with Crippen LogP contribution in [0.5, 0.6) is 0 Å². The lowest BCUT2D eigenvalue weighted by Gasteiger charge is -2.22. The van der Waals surface area contributed by atoms with Crippen molar-refractivity contribution < 1.29 is 0 Å². The van der Waals surface area contributed by atoms with Crippen molar-refractivity contribution >= 4 is 11.6 Å². The Morgan fingerprint density at radius 3 is 2.75 bits per heavy atom. The van der Waals surface area contributed by atoms with Gasteiger partial charge in [0.1, 0.15) is 0 Å². The number of alkyl halides is 1. The molecular formula is C13H27ClN2. The molecule has 1 saturated heterocycles. The largest absolute Gasteiger partial charge is 0.306 e. The molecule has 0 radical (unpaired) electrons. The Labute approximate surface area is 106 Å². The van der Waals surface area contributed by atoms with Crippen LogP contribution >= 0.6 is 11.6 Å². The van der Waals surface area contributed by atoms with E-state index in [1.165, 1.54) is 39.0 Å². The molecule has 2 atom stereocenters. The standard InChI is InChI=1S/C13H27ClN2/c1-12(4-7-14)5-8-15(2)10-13-6-9-16(3)11-13/h12-13H,4-11H2,1-3H3. The van der Waals surface area contributed by atoms with Crippen molar-refractivity contribution in [3.8, 4) is 0 Å². The second-order valence-corrected chi connectivity index (χ2v) is 5.93. The number of hydrogen-bond donors (Lipinski definition) is 0. The van der Waals surface area contributed by atoms with E-state index < -0.39 is 0 Å². The first-order valence-corrected chi connectivity index (χ1v) is 7.08. The molecule has 2 unspecified atom stereocenters. The highest BCUT2D eigenvalue weighted by atomic mass is 35.5. The van der Waals surface area contributed by atoms with E-state index >= 15 is 0 Å². The van der Waals surface area contributed by atoms with Gasteiger partial charge in [-0.25, -0.2) is 0 Å². The van der Waals surface area contributed by atoms with Gasteiger partial charge in [-0.15, -0.1) is 11.6 Å². The molecule has 1 heterocycles. The lowest BCUT2D eigenvalue weighted by molar-refractivity contribution is 0.257. The summed E-state index contributed by atoms with van der Waals surface area (Å²) in [7, 11) is 4.48. The van der Waals surface area contributed by atoms with Gasteiger partial charge in [0.15, 0.2) is 0 Å². The van der Waals surface area contributed by atoms with Crippen molar-refractivity contribution in [2.45, 2.75) is 26.2 Å². The van der Waals surface area contributed by atoms with E-state index in [1.54, 1.807) is 0 Å². The van der Waals surface area contributed by atoms with E-state index in [0.717, 1.165) is 24.1 Å². The molecule has 0 aromatic heterocycles. The van der Waals surface area contributed by atoms with Gasteiger partial charge in [-0.3, -0.25) is 0 Å². The lowest BCUT2D eigenvalue weighted by atomic mass is 10.0. The zero-order valence-corrected chi connectivity index (χ0v) is 11.8. The fourth-order valence-corrected chi connectivity index (χ4v) is 2.85. The van der Waals surface area contributed by atoms with Crippen LogP contribution in [0, 0.1) is 11.8 Å². The first-order valence-electron chi connectivity index (χ1n) is 6.55. The SMILES string of the molecule is CC(CCCl)CCN(C)CC1CCN(C)C1. The van der Waals surface area contributed by atoms with Crippen LogP contribution < -0.4 is 0 Å². The zero-order chi connectivity index (χ0) is 12.0. The van der Waals surface area contributed by atoms with Crippen LogP contribution in [0.2, 0.25) is 0 Å². The number of nitrogens with zero attached hydrogens (tertiary/aromatic N) is 2. The van der Waals surface area contributed by atoms with Crippen molar-refractivity contribution in [1.29, 1.82) is 0 Å². The average molecular weight is 247 g/mol. The molecule has 0 aromatic rings. The van der Waals surface area contributed by atoms with E-state index in [0.29, 0.717) is 0 Å². The van der Waals surface area contributed by atoms with Gasteiger partial charge < -0.3 is 9.80 Å². The van der Waals surface area contributed by atoms with Crippen molar-refractivity contribution in [2.24, 2.45) is 11.8 Å². The second kappa shape index (κ2) is 7.52. The summed E-state index contributed by atoms with van der Waals surface area (Å²) in [6.45, 7) is 7.35. The lowest BCUT2D eigenvalue weighted by Crippen LogP contribution is -2.29. The third-order valence-electron chi connectivity index (χ3n) is 3.66. The van der Waals surface area contributed by atoms with Crippen LogP contribution in [-0.4, -0.2) is 56.0 Å². The molecule has 16 heavy (non-hydrogen) atoms. The van der Waals surface area contributed by atoms with Crippen molar-refractivity contribution in [2.75, 3.05) is 46.2 Å². The Bertz CT molecular complexity index is 187. The summed E-state index contributed by atoms with van der Waals surface area (Å²) in [6.07, 6.45) is 3.81. The summed E-state index contributed by atoms with van der Waals surface area (Å²) in [6, 6.07) is 0. The predicted octanol–water partition coefficient (Wildman–Crippen LogP) is 2.53. The third-order valence-corrected chi connectivity index (χ3v) is 3.88. The minimum atomic E-state index is 0.770. The predicted molar refractivity (Wildman–Crippen MR) is 72.2 cm³/mol. The Morgan fingerprint density at radius 2 is 2.19 bits per heavy atom. The molecule has 1 aliphatic rings. The van der Waals surface area contributed by atoms with Crippen LogP contribution in [0.3, 0.4) is 0 Å². The summed E-state index contributed by atoms with van der Waals surface area (Å²) in [5, 5.41) is 0. The van der Waals surface area contributed by atoms with Gasteiger partial charge >= 0.3 is 0 Å². The fraction of sp³-hybridized carbons (Fsp3) is 1.00. The van der Waals surface area contributed by atoms with Crippen LogP contribution in [-0.2, 0) is 0 Å². The third kappa shape index (κ3) is 5.51. The van der Waals surface area contributed by atoms with Crippen LogP contribution in [0.4, 0.5) is 0 Å². The number of likely N-dealkylation sites (tertiary alicyclic amines) is 1. The Balaban J connectivity index is 2.08. The molecule has 0 aromatic carbocycles. The highest BCUT2D eigenvalue weighted by Crippen LogP contribution is 2.16. The van der Waals surface area contributed by atoms with Gasteiger partial charge in [0.25, 0.3) is 0 Å². The highest BCUT2D eigenvalue weighted by Gasteiger charge is 2.20. The Kier molecular flexibility index (Phi) is 6.71. The molecule has 3 heteroatoms. The van der Waals surface area contributed by atoms with E-state index in [1.807, 2.05) is 0 Å². The molecule has 1 fully saturated rings. The van der Waals surface area contributed by atoms with Crippen LogP contribution in [0.1, 0.15) is 26.2 Å². The molecular weight excluding hydrogens is 220 g/mol. The first-order chi connectivity index (χ1) is 7.61. The second-order valence-electron chi connectivity index (χ2n) is 5.55. The van der Waals surface area contributed by atoms with Crippen molar-refractivity contribution in [3.63, 3.8) is 0 Å². The quantitative estimate of drug-likeness (QED) is 0.637. The van der Waals surface area contributed by atoms with Gasteiger partial charge in [0.2, 0.25) is 0 Å². The molecule has 0 aliphatic carbocycles. The zero-order valence-electron chi connectivity index (χ0n) is 11.1. The van der Waals surface area contributed by atoms with E-state index in [2.05, 4.69) is 30.8 Å². The number of halogens is 1. The average Bonchev–Trinajstić information content (AvgIpc) is 2.61. The molecule has 1 rings (SSSR count). The molecule has 0 saturated carbocycles. The fourth-order valence-electron chi connectivity index (χ4n) is 2.48. The number of hydrogen-bond acceptors (Lipinski definition) is 2. The normalized spacial score (nSPS) is 24.2. The summed E-state index contributed by atoms with van der Waals surface area (Å²) < 4.78 is 0. The summed E-state index contributed by atoms with van der Waals surface area (Å²) in [5.74, 6) is 2.46. The maximum Gasteiger partial charge on any atom is 0.0225 e. The molecule has 96 valence electrons. The maximum atomic E-state index is 5.75. The van der Waals surface area contributed by atoms with Gasteiger partial charge in [-0.2, -0.15) is 0 Å². The van der Waals surface area contributed by atoms with E-state index in [-0.39, 0.29) is 0 Å². The highest BCUT2D eigenvalue weighted by molar-refractivity contribution is 6.17. The summed E-state index contributed by atoms with van der Waals surface area (Å²) >= 11 is 5.75. The maximum absolute atomic E-state index is 5.75. The summed E-state index contributed by atoms with van der Waals surface area (Å²) in [5.41, 5.74) is 0. The van der Waals surface area contributed by atoms with E-state index in [9.17, 15) is 0 Å². The minimum absolute atomic E-state index is 0.770. The van der Waals surface area contributed by atoms with Crippen LogP contribution in [0.25, 0.3) is 0 Å². The van der Waals surface area contributed by atoms with Gasteiger partial charge in [-0.1, -0.05) is 6.92 Å². The Hall–Kier alpha value is 0.210. The first kappa shape index (κ1) is 14.3. The molecule has 1 aliphatic heterocycles. The van der Waals surface area contributed by atoms with Gasteiger partial charge in [0, 0.05) is 19.0 Å². The van der Waals surface area contributed by atoms with Crippen LogP contribution in [0.15, 0.2) is 0 Å². The topological polar surface area (TPSA) is 6.48 Å². The van der Waals surface area contributed by atoms with Crippen molar-refractivity contribution in [1.82, 2.24) is 9.80 Å². The number of rotatable bonds is 7. The molecule has 0 amide bonds. The monoisotopic (exact) mass is 246 g/mol. The van der Waals surface area contributed by atoms with Crippen molar-refractivity contribution in [3.05, 3.63) is 0 Å².